The van der Waals surface area contributed by atoms with Gasteiger partial charge in [-0.2, -0.15) is 10.5 Å². The number of thioether (sulfide) groups is 1. The highest BCUT2D eigenvalue weighted by atomic mass is 35.5. The van der Waals surface area contributed by atoms with Crippen LogP contribution in [0.3, 0.4) is 0 Å². The molecule has 1 spiro atoms. The minimum atomic E-state index is -1.45. The topological polar surface area (TPSA) is 108 Å². The summed E-state index contributed by atoms with van der Waals surface area (Å²) in [5.41, 5.74) is 4.69. The van der Waals surface area contributed by atoms with Crippen molar-refractivity contribution in [1.29, 1.82) is 10.5 Å². The number of rotatable bonds is 2. The smallest absolute Gasteiger partial charge is 0.340 e. The molecule has 2 unspecified atom stereocenters. The molecule has 4 aromatic carbocycles. The van der Waals surface area contributed by atoms with Crippen molar-refractivity contribution in [3.05, 3.63) is 163 Å². The fourth-order valence-corrected chi connectivity index (χ4v) is 8.25. The molecule has 0 saturated carbocycles. The van der Waals surface area contributed by atoms with Crippen molar-refractivity contribution < 1.29 is 14.3 Å². The Labute approximate surface area is 300 Å². The van der Waals surface area contributed by atoms with Crippen molar-refractivity contribution >= 4 is 63.5 Å². The van der Waals surface area contributed by atoms with Gasteiger partial charge in [-0.3, -0.25) is 4.99 Å². The van der Waals surface area contributed by atoms with Crippen LogP contribution in [0.25, 0.3) is 11.1 Å². The second-order valence-electron chi connectivity index (χ2n) is 12.0. The number of esters is 1. The maximum Gasteiger partial charge on any atom is 0.340 e. The van der Waals surface area contributed by atoms with Crippen molar-refractivity contribution in [1.82, 2.24) is 0 Å². The number of nitrogens with one attached hydrogen (secondary N) is 1. The predicted molar refractivity (Wildman–Crippen MR) is 194 cm³/mol. The molecule has 4 aromatic rings. The van der Waals surface area contributed by atoms with Gasteiger partial charge in [-0.1, -0.05) is 83.5 Å². The molecule has 7 nitrogen and oxygen atoms in total. The van der Waals surface area contributed by atoms with Crippen molar-refractivity contribution in [2.75, 3.05) is 5.32 Å². The Morgan fingerprint density at radius 3 is 2.30 bits per heavy atom. The largest absolute Gasteiger partial charge is 0.456 e. The van der Waals surface area contributed by atoms with Crippen LogP contribution >= 0.6 is 35.0 Å². The zero-order valence-electron chi connectivity index (χ0n) is 25.7. The van der Waals surface area contributed by atoms with Crippen molar-refractivity contribution in [3.63, 3.8) is 0 Å². The summed E-state index contributed by atoms with van der Waals surface area (Å²) in [5, 5.41) is 25.3. The number of para-hydroxylation sites is 1. The van der Waals surface area contributed by atoms with Gasteiger partial charge in [0.15, 0.2) is 5.60 Å². The molecule has 10 heteroatoms. The van der Waals surface area contributed by atoms with Gasteiger partial charge in [0.25, 0.3) is 0 Å². The first-order valence-corrected chi connectivity index (χ1v) is 17.1. The summed E-state index contributed by atoms with van der Waals surface area (Å²) in [6, 6.07) is 26.5. The van der Waals surface area contributed by atoms with E-state index in [1.165, 1.54) is 17.8 Å². The van der Waals surface area contributed by atoms with E-state index in [4.69, 9.17) is 37.7 Å². The number of nitriles is 2. The summed E-state index contributed by atoms with van der Waals surface area (Å²) in [7, 11) is 0. The van der Waals surface area contributed by atoms with Crippen LogP contribution in [0.2, 0.25) is 10.0 Å². The zero-order chi connectivity index (χ0) is 34.1. The monoisotopic (exact) mass is 706 g/mol. The summed E-state index contributed by atoms with van der Waals surface area (Å²) >= 11 is 14.4. The lowest BCUT2D eigenvalue weighted by Crippen LogP contribution is -2.33. The molecule has 0 radical (unpaired) electrons. The van der Waals surface area contributed by atoms with Crippen LogP contribution in [-0.2, 0) is 10.3 Å². The average molecular weight is 708 g/mol. The number of nitrogens with zero attached hydrogens (tertiary/aromatic N) is 3. The molecular formula is C40H20Cl2N4O3S. The van der Waals surface area contributed by atoms with Gasteiger partial charge in [-0.05, 0) is 71.8 Å². The number of allylic oxidation sites excluding steroid dienone is 8. The van der Waals surface area contributed by atoms with Gasteiger partial charge < -0.3 is 14.8 Å². The molecule has 50 heavy (non-hydrogen) atoms. The van der Waals surface area contributed by atoms with E-state index in [9.17, 15) is 15.3 Å². The van der Waals surface area contributed by atoms with Gasteiger partial charge in [0.05, 0.1) is 48.9 Å². The van der Waals surface area contributed by atoms with Crippen LogP contribution in [-0.4, -0.2) is 11.7 Å². The van der Waals surface area contributed by atoms with E-state index in [0.29, 0.717) is 61.2 Å². The van der Waals surface area contributed by atoms with E-state index in [1.54, 1.807) is 30.3 Å². The van der Waals surface area contributed by atoms with Crippen molar-refractivity contribution in [2.24, 2.45) is 10.9 Å². The fraction of sp³-hybridized carbons (Fsp3) is 0.0500. The number of halogens is 2. The number of dihydropyridines is 1. The number of fused-ring (bicyclic) bond motifs is 8. The number of carbonyl (C=O) groups is 1. The van der Waals surface area contributed by atoms with E-state index in [1.807, 2.05) is 72.9 Å². The molecule has 2 atom stereocenters. The van der Waals surface area contributed by atoms with Crippen LogP contribution in [0.1, 0.15) is 38.2 Å². The SMILES string of the molecule is N#C/C(=C1/C=CC2C=CC=CC2=N1)c1ccc2c(c1)Oc1cc(/C(C#N)=C3/Nc4ccccc4S3)ccc1C21OC(=O)c2cc(Cl)c(Cl)cc21. The third-order valence-electron chi connectivity index (χ3n) is 9.23. The highest BCUT2D eigenvalue weighted by molar-refractivity contribution is 8.04. The quantitative estimate of drug-likeness (QED) is 0.163. The van der Waals surface area contributed by atoms with Gasteiger partial charge in [0.2, 0.25) is 0 Å². The molecule has 0 amide bonds. The van der Waals surface area contributed by atoms with Crippen LogP contribution in [0, 0.1) is 28.6 Å². The third kappa shape index (κ3) is 4.51. The van der Waals surface area contributed by atoms with E-state index in [2.05, 4.69) is 17.5 Å². The summed E-state index contributed by atoms with van der Waals surface area (Å²) in [5.74, 6) is 0.226. The van der Waals surface area contributed by atoms with Crippen molar-refractivity contribution in [3.8, 4) is 23.6 Å². The number of hydrogen-bond donors (Lipinski definition) is 1. The number of carbonyl (C=O) groups excluding carboxylic acids is 1. The van der Waals surface area contributed by atoms with Crippen LogP contribution < -0.4 is 10.1 Å². The van der Waals surface area contributed by atoms with E-state index >= 15 is 0 Å². The van der Waals surface area contributed by atoms with Gasteiger partial charge in [0, 0.05) is 27.5 Å². The maximum atomic E-state index is 13.6. The Morgan fingerprint density at radius 2 is 1.56 bits per heavy atom. The molecule has 9 rings (SSSR count). The zero-order valence-corrected chi connectivity index (χ0v) is 28.0. The summed E-state index contributed by atoms with van der Waals surface area (Å²) < 4.78 is 13.0. The molecule has 0 bridgehead atoms. The van der Waals surface area contributed by atoms with E-state index < -0.39 is 11.6 Å². The molecule has 4 heterocycles. The van der Waals surface area contributed by atoms with Crippen LogP contribution in [0.5, 0.6) is 11.5 Å². The highest BCUT2D eigenvalue weighted by Crippen LogP contribution is 2.58. The molecule has 5 aliphatic rings. The first-order valence-electron chi connectivity index (χ1n) is 15.5. The minimum absolute atomic E-state index is 0.0545. The van der Waals surface area contributed by atoms with Crippen LogP contribution in [0.15, 0.2) is 130 Å². The van der Waals surface area contributed by atoms with Gasteiger partial charge in [0.1, 0.15) is 23.6 Å². The van der Waals surface area contributed by atoms with E-state index in [0.717, 1.165) is 16.3 Å². The Kier molecular flexibility index (Phi) is 6.91. The van der Waals surface area contributed by atoms with Gasteiger partial charge in [-0.15, -0.1) is 0 Å². The first-order chi connectivity index (χ1) is 24.4. The standard InChI is InChI=1S/C40H20Cl2N4O3S/c41-30-17-24-29(18-31(30)42)40(49-39(24)47)27-12-9-22(25(19-43)33-14-11-21-5-1-2-6-32(21)45-33)15-35(27)48-36-16-23(10-13-28(36)40)26(20-44)38-46-34-7-3-4-8-37(34)50-38/h1-18,21,46H/b33-25+,38-26-. The number of ether oxygens (including phenoxy) is 2. The lowest BCUT2D eigenvalue weighted by Gasteiger charge is -2.37. The molecule has 0 fully saturated rings. The van der Waals surface area contributed by atoms with Crippen LogP contribution in [0.4, 0.5) is 5.69 Å². The predicted octanol–water partition coefficient (Wildman–Crippen LogP) is 9.96. The Hall–Kier alpha value is -5.77. The number of aliphatic imine (C=N–C) groups is 1. The second-order valence-corrected chi connectivity index (χ2v) is 13.8. The molecular weight excluding hydrogens is 687 g/mol. The average Bonchev–Trinajstić information content (AvgIpc) is 3.68. The van der Waals surface area contributed by atoms with Gasteiger partial charge in [-0.25, -0.2) is 4.79 Å². The third-order valence-corrected chi connectivity index (χ3v) is 11.0. The number of anilines is 1. The molecule has 1 aliphatic carbocycles. The molecule has 238 valence electrons. The Bertz CT molecular complexity index is 2510. The molecule has 0 saturated heterocycles. The number of benzene rings is 4. The fourth-order valence-electron chi connectivity index (χ4n) is 6.90. The van der Waals surface area contributed by atoms with E-state index in [-0.39, 0.29) is 21.5 Å². The minimum Gasteiger partial charge on any atom is -0.456 e. The maximum absolute atomic E-state index is 13.6. The molecule has 4 aliphatic heterocycles. The van der Waals surface area contributed by atoms with Gasteiger partial charge >= 0.3 is 5.97 Å². The lowest BCUT2D eigenvalue weighted by atomic mass is 9.77. The van der Waals surface area contributed by atoms with Crippen molar-refractivity contribution in [2.45, 2.75) is 10.5 Å². The first kappa shape index (κ1) is 30.3. The summed E-state index contributed by atoms with van der Waals surface area (Å²) in [4.78, 5) is 19.4. The highest BCUT2D eigenvalue weighted by Gasteiger charge is 2.54. The molecule has 1 N–H and O–H groups in total. The second kappa shape index (κ2) is 11.4. The normalized spacial score (nSPS) is 22.0. The Morgan fingerprint density at radius 1 is 0.840 bits per heavy atom. The number of hydrogen-bond acceptors (Lipinski definition) is 8. The summed E-state index contributed by atoms with van der Waals surface area (Å²) in [6.45, 7) is 0. The Balaban J connectivity index is 1.23. The summed E-state index contributed by atoms with van der Waals surface area (Å²) in [6.07, 6.45) is 11.7. The molecule has 0 aromatic heterocycles. The lowest BCUT2D eigenvalue weighted by molar-refractivity contribution is 0.0224.